The van der Waals surface area contributed by atoms with E-state index in [1.54, 1.807) is 27.0 Å². The molecule has 126 valence electrons. The average Bonchev–Trinajstić information content (AvgIpc) is 2.69. The predicted octanol–water partition coefficient (Wildman–Crippen LogP) is 3.19. The number of aromatic nitrogens is 1. The van der Waals surface area contributed by atoms with Crippen molar-refractivity contribution in [2.24, 2.45) is 7.05 Å². The molecule has 0 amide bonds. The van der Waals surface area contributed by atoms with E-state index in [0.29, 0.717) is 16.6 Å². The van der Waals surface area contributed by atoms with Gasteiger partial charge in [-0.1, -0.05) is 0 Å². The van der Waals surface area contributed by atoms with Gasteiger partial charge in [-0.2, -0.15) is 13.2 Å². The van der Waals surface area contributed by atoms with Crippen LogP contribution in [0.4, 0.5) is 18.9 Å². The number of alkyl halides is 3. The highest BCUT2D eigenvalue weighted by Gasteiger charge is 2.31. The number of nitrogens with zero attached hydrogens (tertiary/aromatic N) is 1. The largest absolute Gasteiger partial charge is 0.481 e. The standard InChI is InChI=1S/C15H17F3N2O3/c1-4-22-14(21)12-13(23-7-15(16,17)18)9-6-10(19)8(2)5-11(9)20(12)3/h5-6H,4,7,19H2,1-3H3. The predicted molar refractivity (Wildman–Crippen MR) is 79.6 cm³/mol. The summed E-state index contributed by atoms with van der Waals surface area (Å²) in [5, 5.41) is 0.336. The van der Waals surface area contributed by atoms with Crippen LogP contribution in [0.15, 0.2) is 12.1 Å². The molecule has 0 aliphatic carbocycles. The van der Waals surface area contributed by atoms with Gasteiger partial charge in [-0.05, 0) is 31.5 Å². The van der Waals surface area contributed by atoms with Gasteiger partial charge in [0.2, 0.25) is 0 Å². The van der Waals surface area contributed by atoms with Crippen LogP contribution >= 0.6 is 0 Å². The zero-order valence-electron chi connectivity index (χ0n) is 13.0. The Kier molecular flexibility index (Phi) is 4.44. The molecule has 1 aromatic carbocycles. The summed E-state index contributed by atoms with van der Waals surface area (Å²) >= 11 is 0. The Morgan fingerprint density at radius 3 is 2.57 bits per heavy atom. The highest BCUT2D eigenvalue weighted by Crippen LogP contribution is 2.36. The molecular formula is C15H17F3N2O3. The number of halogens is 3. The van der Waals surface area contributed by atoms with Gasteiger partial charge >= 0.3 is 12.1 Å². The molecule has 1 aromatic heterocycles. The van der Waals surface area contributed by atoms with Gasteiger partial charge in [-0.3, -0.25) is 0 Å². The minimum atomic E-state index is -4.52. The Morgan fingerprint density at radius 2 is 2.00 bits per heavy atom. The Bertz CT molecular complexity index is 751. The number of benzene rings is 1. The number of aryl methyl sites for hydroxylation is 2. The lowest BCUT2D eigenvalue weighted by atomic mass is 10.1. The third kappa shape index (κ3) is 3.35. The van der Waals surface area contributed by atoms with E-state index in [2.05, 4.69) is 0 Å². The lowest BCUT2D eigenvalue weighted by Crippen LogP contribution is -2.20. The van der Waals surface area contributed by atoms with Gasteiger partial charge in [0, 0.05) is 18.1 Å². The van der Waals surface area contributed by atoms with Gasteiger partial charge in [-0.25, -0.2) is 4.79 Å². The number of anilines is 1. The maximum Gasteiger partial charge on any atom is 0.422 e. The van der Waals surface area contributed by atoms with Crippen LogP contribution < -0.4 is 10.5 Å². The van der Waals surface area contributed by atoms with Crippen molar-refractivity contribution in [3.63, 3.8) is 0 Å². The summed E-state index contributed by atoms with van der Waals surface area (Å²) in [6.07, 6.45) is -4.52. The molecule has 0 spiro atoms. The van der Waals surface area contributed by atoms with Gasteiger partial charge in [0.25, 0.3) is 0 Å². The molecule has 8 heteroatoms. The number of hydrogen-bond donors (Lipinski definition) is 1. The van der Waals surface area contributed by atoms with Crippen molar-refractivity contribution in [3.8, 4) is 5.75 Å². The summed E-state index contributed by atoms with van der Waals surface area (Å²) in [7, 11) is 1.56. The van der Waals surface area contributed by atoms with Crippen LogP contribution in [0, 0.1) is 6.92 Å². The molecule has 0 saturated carbocycles. The number of rotatable bonds is 4. The van der Waals surface area contributed by atoms with E-state index in [1.807, 2.05) is 0 Å². The van der Waals surface area contributed by atoms with Gasteiger partial charge in [0.1, 0.15) is 0 Å². The lowest BCUT2D eigenvalue weighted by Gasteiger charge is -2.11. The van der Waals surface area contributed by atoms with E-state index < -0.39 is 18.8 Å². The molecule has 2 rings (SSSR count). The number of nitrogen functional groups attached to an aromatic ring is 1. The third-order valence-corrected chi connectivity index (χ3v) is 3.39. The van der Waals surface area contributed by atoms with Crippen LogP contribution in [0.1, 0.15) is 23.0 Å². The highest BCUT2D eigenvalue weighted by molar-refractivity contribution is 6.03. The number of ether oxygens (including phenoxy) is 2. The molecule has 0 radical (unpaired) electrons. The van der Waals surface area contributed by atoms with Crippen molar-refractivity contribution in [2.75, 3.05) is 18.9 Å². The van der Waals surface area contributed by atoms with Crippen molar-refractivity contribution in [1.82, 2.24) is 4.57 Å². The fraction of sp³-hybridized carbons (Fsp3) is 0.400. The first-order valence-electron chi connectivity index (χ1n) is 6.91. The van der Waals surface area contributed by atoms with Crippen molar-refractivity contribution in [3.05, 3.63) is 23.4 Å². The fourth-order valence-electron chi connectivity index (χ4n) is 2.30. The zero-order valence-corrected chi connectivity index (χ0v) is 13.0. The molecule has 2 aromatic rings. The number of carbonyl (C=O) groups excluding carboxylic acids is 1. The molecule has 0 atom stereocenters. The topological polar surface area (TPSA) is 66.5 Å². The number of esters is 1. The number of carbonyl (C=O) groups is 1. The molecule has 2 N–H and O–H groups in total. The molecule has 0 bridgehead atoms. The fourth-order valence-corrected chi connectivity index (χ4v) is 2.30. The number of nitrogens with two attached hydrogens (primary N) is 1. The summed E-state index contributed by atoms with van der Waals surface area (Å²) < 4.78 is 48.8. The van der Waals surface area contributed by atoms with E-state index in [-0.39, 0.29) is 18.1 Å². The minimum Gasteiger partial charge on any atom is -0.481 e. The van der Waals surface area contributed by atoms with Crippen molar-refractivity contribution in [1.29, 1.82) is 0 Å². The first-order chi connectivity index (χ1) is 10.7. The van der Waals surface area contributed by atoms with Crippen LogP contribution in [0.3, 0.4) is 0 Å². The first kappa shape index (κ1) is 17.0. The maximum atomic E-state index is 12.5. The van der Waals surface area contributed by atoms with Crippen LogP contribution in [0.25, 0.3) is 10.9 Å². The lowest BCUT2D eigenvalue weighted by molar-refractivity contribution is -0.153. The summed E-state index contributed by atoms with van der Waals surface area (Å²) in [5.41, 5.74) is 7.44. The van der Waals surface area contributed by atoms with E-state index in [1.165, 1.54) is 10.6 Å². The van der Waals surface area contributed by atoms with Gasteiger partial charge in [-0.15, -0.1) is 0 Å². The molecule has 23 heavy (non-hydrogen) atoms. The van der Waals surface area contributed by atoms with Crippen LogP contribution in [0.2, 0.25) is 0 Å². The second-order valence-corrected chi connectivity index (χ2v) is 5.09. The molecule has 1 heterocycles. The van der Waals surface area contributed by atoms with Crippen molar-refractivity contribution in [2.45, 2.75) is 20.0 Å². The smallest absolute Gasteiger partial charge is 0.422 e. The third-order valence-electron chi connectivity index (χ3n) is 3.39. The van der Waals surface area contributed by atoms with Crippen LogP contribution in [-0.4, -0.2) is 29.9 Å². The van der Waals surface area contributed by atoms with E-state index in [9.17, 15) is 18.0 Å². The van der Waals surface area contributed by atoms with E-state index >= 15 is 0 Å². The van der Waals surface area contributed by atoms with E-state index in [4.69, 9.17) is 15.2 Å². The normalized spacial score (nSPS) is 11.7. The molecule has 0 aliphatic heterocycles. The molecule has 0 unspecified atom stereocenters. The second kappa shape index (κ2) is 6.02. The van der Waals surface area contributed by atoms with Gasteiger partial charge in [0.15, 0.2) is 18.1 Å². The summed E-state index contributed by atoms with van der Waals surface area (Å²) in [6, 6.07) is 3.19. The monoisotopic (exact) mass is 330 g/mol. The van der Waals surface area contributed by atoms with Gasteiger partial charge in [0.05, 0.1) is 12.1 Å². The average molecular weight is 330 g/mol. The molecule has 0 saturated heterocycles. The Labute approximate surface area is 130 Å². The van der Waals surface area contributed by atoms with Crippen molar-refractivity contribution >= 4 is 22.6 Å². The SMILES string of the molecule is CCOC(=O)c1c(OCC(F)(F)F)c2cc(N)c(C)cc2n1C. The molecule has 5 nitrogen and oxygen atoms in total. The van der Waals surface area contributed by atoms with Gasteiger partial charge < -0.3 is 19.8 Å². The minimum absolute atomic E-state index is 0.0731. The molecule has 0 aliphatic rings. The quantitative estimate of drug-likeness (QED) is 0.691. The van der Waals surface area contributed by atoms with Crippen LogP contribution in [0.5, 0.6) is 5.75 Å². The zero-order chi connectivity index (χ0) is 17.4. The van der Waals surface area contributed by atoms with Crippen LogP contribution in [-0.2, 0) is 11.8 Å². The second-order valence-electron chi connectivity index (χ2n) is 5.09. The maximum absolute atomic E-state index is 12.5. The number of fused-ring (bicyclic) bond motifs is 1. The molecule has 0 fully saturated rings. The highest BCUT2D eigenvalue weighted by atomic mass is 19.4. The Balaban J connectivity index is 2.65. The molecular weight excluding hydrogens is 313 g/mol. The summed E-state index contributed by atoms with van der Waals surface area (Å²) in [4.78, 5) is 12.1. The van der Waals surface area contributed by atoms with Crippen molar-refractivity contribution < 1.29 is 27.4 Å². The Morgan fingerprint density at radius 1 is 1.35 bits per heavy atom. The summed E-state index contributed by atoms with van der Waals surface area (Å²) in [6.45, 7) is 1.97. The first-order valence-corrected chi connectivity index (χ1v) is 6.91. The Hall–Kier alpha value is -2.38. The van der Waals surface area contributed by atoms with E-state index in [0.717, 1.165) is 5.56 Å². The summed E-state index contributed by atoms with van der Waals surface area (Å²) in [5.74, 6) is -0.926. The number of hydrogen-bond acceptors (Lipinski definition) is 4.